The number of nitrogens with one attached hydrogen (secondary N) is 2. The second-order valence-corrected chi connectivity index (χ2v) is 7.30. The van der Waals surface area contributed by atoms with Crippen molar-refractivity contribution in [3.05, 3.63) is 66.2 Å². The molecule has 0 aliphatic carbocycles. The molecule has 0 unspecified atom stereocenters. The molecule has 1 aliphatic rings. The van der Waals surface area contributed by atoms with Crippen LogP contribution in [0.2, 0.25) is 0 Å². The maximum atomic E-state index is 12.4. The van der Waals surface area contributed by atoms with Crippen molar-refractivity contribution in [1.82, 2.24) is 15.5 Å². The Labute approximate surface area is 162 Å². The molecule has 6 nitrogen and oxygen atoms in total. The largest absolute Gasteiger partial charge is 0.355 e. The second-order valence-electron chi connectivity index (χ2n) is 6.13. The van der Waals surface area contributed by atoms with Crippen LogP contribution in [0.25, 0.3) is 0 Å². The summed E-state index contributed by atoms with van der Waals surface area (Å²) < 4.78 is 0. The normalized spacial score (nSPS) is 16.3. The van der Waals surface area contributed by atoms with E-state index in [1.54, 1.807) is 11.8 Å². The maximum absolute atomic E-state index is 12.4. The van der Waals surface area contributed by atoms with Crippen LogP contribution in [0.3, 0.4) is 0 Å². The van der Waals surface area contributed by atoms with E-state index in [0.717, 1.165) is 21.1 Å². The van der Waals surface area contributed by atoms with Crippen molar-refractivity contribution in [3.8, 4) is 0 Å². The molecule has 27 heavy (non-hydrogen) atoms. The average molecular weight is 383 g/mol. The Morgan fingerprint density at radius 2 is 1.70 bits per heavy atom. The topological polar surface area (TPSA) is 78.5 Å². The van der Waals surface area contributed by atoms with Gasteiger partial charge in [-0.05, 0) is 17.7 Å². The summed E-state index contributed by atoms with van der Waals surface area (Å²) in [6.45, 7) is 0.707. The van der Waals surface area contributed by atoms with Crippen molar-refractivity contribution in [2.45, 2.75) is 23.9 Å². The van der Waals surface area contributed by atoms with Gasteiger partial charge in [-0.3, -0.25) is 14.5 Å². The maximum Gasteiger partial charge on any atom is 0.325 e. The highest BCUT2D eigenvalue weighted by Crippen LogP contribution is 2.16. The Balaban J connectivity index is 1.42. The predicted molar refractivity (Wildman–Crippen MR) is 104 cm³/mol. The number of hydrogen-bond acceptors (Lipinski definition) is 4. The summed E-state index contributed by atoms with van der Waals surface area (Å²) in [5.41, 5.74) is 0.865. The zero-order chi connectivity index (χ0) is 19.1. The third-order valence-electron chi connectivity index (χ3n) is 4.12. The number of thioether (sulfide) groups is 1. The fourth-order valence-electron chi connectivity index (χ4n) is 2.76. The van der Waals surface area contributed by atoms with Gasteiger partial charge < -0.3 is 10.6 Å². The summed E-state index contributed by atoms with van der Waals surface area (Å²) in [6.07, 6.45) is -0.0497. The van der Waals surface area contributed by atoms with Crippen LogP contribution in [0.4, 0.5) is 4.79 Å². The Morgan fingerprint density at radius 1 is 1.04 bits per heavy atom. The first-order valence-electron chi connectivity index (χ1n) is 8.74. The molecule has 0 saturated carbocycles. The summed E-state index contributed by atoms with van der Waals surface area (Å²) in [4.78, 5) is 38.9. The molecule has 0 radical (unpaired) electrons. The van der Waals surface area contributed by atoms with Gasteiger partial charge in [0.15, 0.2) is 0 Å². The number of carbonyl (C=O) groups is 3. The third-order valence-corrected chi connectivity index (χ3v) is 5.13. The highest BCUT2D eigenvalue weighted by Gasteiger charge is 2.38. The number of urea groups is 1. The summed E-state index contributed by atoms with van der Waals surface area (Å²) in [5, 5.41) is 5.39. The summed E-state index contributed by atoms with van der Waals surface area (Å²) in [7, 11) is 0. The van der Waals surface area contributed by atoms with E-state index in [1.165, 1.54) is 0 Å². The minimum atomic E-state index is -0.803. The molecule has 3 rings (SSSR count). The lowest BCUT2D eigenvalue weighted by molar-refractivity contribution is -0.131. The van der Waals surface area contributed by atoms with Crippen LogP contribution in [-0.4, -0.2) is 41.1 Å². The monoisotopic (exact) mass is 383 g/mol. The van der Waals surface area contributed by atoms with Crippen LogP contribution in [0, 0.1) is 0 Å². The highest BCUT2D eigenvalue weighted by atomic mass is 32.2. The number of hydrogen-bond donors (Lipinski definition) is 2. The van der Waals surface area contributed by atoms with E-state index in [1.807, 2.05) is 60.7 Å². The fourth-order valence-corrected chi connectivity index (χ4v) is 3.55. The number of nitrogens with zero attached hydrogens (tertiary/aromatic N) is 1. The van der Waals surface area contributed by atoms with Gasteiger partial charge in [0.05, 0.1) is 13.0 Å². The van der Waals surface area contributed by atoms with Crippen molar-refractivity contribution in [3.63, 3.8) is 0 Å². The van der Waals surface area contributed by atoms with Gasteiger partial charge in [-0.1, -0.05) is 48.5 Å². The van der Waals surface area contributed by atoms with E-state index in [0.29, 0.717) is 6.54 Å². The molecule has 7 heteroatoms. The zero-order valence-corrected chi connectivity index (χ0v) is 15.6. The Morgan fingerprint density at radius 3 is 2.41 bits per heavy atom. The number of benzene rings is 2. The molecule has 0 aromatic heterocycles. The van der Waals surface area contributed by atoms with E-state index in [-0.39, 0.29) is 24.8 Å². The van der Waals surface area contributed by atoms with Crippen LogP contribution < -0.4 is 10.6 Å². The van der Waals surface area contributed by atoms with Crippen LogP contribution in [0.15, 0.2) is 65.6 Å². The molecule has 1 atom stereocenters. The minimum absolute atomic E-state index is 0.0497. The number of rotatable bonds is 8. The van der Waals surface area contributed by atoms with Gasteiger partial charge in [0.1, 0.15) is 6.04 Å². The van der Waals surface area contributed by atoms with Gasteiger partial charge >= 0.3 is 6.03 Å². The molecule has 2 aromatic carbocycles. The lowest BCUT2D eigenvalue weighted by Gasteiger charge is -2.13. The molecule has 1 aliphatic heterocycles. The van der Waals surface area contributed by atoms with Crippen molar-refractivity contribution in [2.24, 2.45) is 0 Å². The summed E-state index contributed by atoms with van der Waals surface area (Å²) >= 11 is 1.65. The van der Waals surface area contributed by atoms with Crippen LogP contribution >= 0.6 is 11.8 Å². The molecule has 0 spiro atoms. The van der Waals surface area contributed by atoms with E-state index in [4.69, 9.17) is 0 Å². The summed E-state index contributed by atoms with van der Waals surface area (Å²) in [6, 6.07) is 17.9. The van der Waals surface area contributed by atoms with E-state index >= 15 is 0 Å². The van der Waals surface area contributed by atoms with E-state index in [2.05, 4.69) is 10.6 Å². The first-order chi connectivity index (χ1) is 13.1. The van der Waals surface area contributed by atoms with Gasteiger partial charge in [-0.25, -0.2) is 4.79 Å². The third kappa shape index (κ3) is 5.34. The zero-order valence-electron chi connectivity index (χ0n) is 14.8. The lowest BCUT2D eigenvalue weighted by Crippen LogP contribution is -2.37. The highest BCUT2D eigenvalue weighted by molar-refractivity contribution is 7.99. The molecule has 4 amide bonds. The predicted octanol–water partition coefficient (Wildman–Crippen LogP) is 2.41. The molecule has 0 bridgehead atoms. The average Bonchev–Trinajstić information content (AvgIpc) is 2.94. The molecule has 1 fully saturated rings. The van der Waals surface area contributed by atoms with Gasteiger partial charge in [-0.15, -0.1) is 11.8 Å². The second kappa shape index (κ2) is 9.23. The minimum Gasteiger partial charge on any atom is -0.355 e. The van der Waals surface area contributed by atoms with Crippen molar-refractivity contribution >= 4 is 29.6 Å². The van der Waals surface area contributed by atoms with Crippen molar-refractivity contribution in [1.29, 1.82) is 0 Å². The van der Waals surface area contributed by atoms with Gasteiger partial charge in [-0.2, -0.15) is 0 Å². The molecule has 1 saturated heterocycles. The van der Waals surface area contributed by atoms with Gasteiger partial charge in [0.25, 0.3) is 5.91 Å². The Bertz CT molecular complexity index is 799. The standard InChI is InChI=1S/C20H21N3O3S/c24-18(21-11-12-27-16-9-5-2-6-10-16)13-17-19(25)23(20(26)22-17)14-15-7-3-1-4-8-15/h1-10,17H,11-14H2,(H,21,24)(H,22,26)/t17-/m0/s1. The Kier molecular flexibility index (Phi) is 6.49. The SMILES string of the molecule is O=C(C[C@@H]1NC(=O)N(Cc2ccccc2)C1=O)NCCSc1ccccc1. The van der Waals surface area contributed by atoms with Gasteiger partial charge in [0.2, 0.25) is 5.91 Å². The first kappa shape index (κ1) is 19.0. The van der Waals surface area contributed by atoms with Crippen molar-refractivity contribution < 1.29 is 14.4 Å². The lowest BCUT2D eigenvalue weighted by atomic mass is 10.2. The van der Waals surface area contributed by atoms with Gasteiger partial charge in [0, 0.05) is 17.2 Å². The van der Waals surface area contributed by atoms with E-state index in [9.17, 15) is 14.4 Å². The van der Waals surface area contributed by atoms with Crippen molar-refractivity contribution in [2.75, 3.05) is 12.3 Å². The fraction of sp³-hybridized carbons (Fsp3) is 0.250. The van der Waals surface area contributed by atoms with Crippen LogP contribution in [0.5, 0.6) is 0 Å². The molecule has 1 heterocycles. The Hall–Kier alpha value is -2.80. The van der Waals surface area contributed by atoms with Crippen LogP contribution in [-0.2, 0) is 16.1 Å². The molecule has 140 valence electrons. The molecule has 2 N–H and O–H groups in total. The van der Waals surface area contributed by atoms with E-state index < -0.39 is 12.1 Å². The summed E-state index contributed by atoms with van der Waals surface area (Å²) in [5.74, 6) is 0.127. The molecule has 2 aromatic rings. The number of amides is 4. The molecular formula is C20H21N3O3S. The number of imide groups is 1. The quantitative estimate of drug-likeness (QED) is 0.417. The van der Waals surface area contributed by atoms with Crippen LogP contribution in [0.1, 0.15) is 12.0 Å². The number of carbonyl (C=O) groups excluding carboxylic acids is 3. The first-order valence-corrected chi connectivity index (χ1v) is 9.72. The smallest absolute Gasteiger partial charge is 0.325 e. The molecular weight excluding hydrogens is 362 g/mol.